The number of hydrogen-bond acceptors (Lipinski definition) is 26. The van der Waals surface area contributed by atoms with Crippen molar-refractivity contribution in [3.63, 3.8) is 0 Å². The quantitative estimate of drug-likeness (QED) is 0.0683. The number of hydrogen-bond donors (Lipinski definition) is 16. The van der Waals surface area contributed by atoms with Gasteiger partial charge in [-0.3, -0.25) is 9.59 Å². The summed E-state index contributed by atoms with van der Waals surface area (Å²) in [5.74, 6) is -1.46. The van der Waals surface area contributed by atoms with Crippen molar-refractivity contribution in [2.75, 3.05) is 40.1 Å². The van der Waals surface area contributed by atoms with E-state index in [9.17, 15) is 81.1 Å². The van der Waals surface area contributed by atoms with Crippen molar-refractivity contribution in [1.82, 2.24) is 10.6 Å². The molecule has 5 saturated heterocycles. The van der Waals surface area contributed by atoms with E-state index in [0.29, 0.717) is 0 Å². The first-order chi connectivity index (χ1) is 29.8. The van der Waals surface area contributed by atoms with Gasteiger partial charge in [-0.1, -0.05) is 0 Å². The van der Waals surface area contributed by atoms with Gasteiger partial charge in [-0.2, -0.15) is 0 Å². The highest BCUT2D eigenvalue weighted by atomic mass is 16.8. The van der Waals surface area contributed by atoms with Gasteiger partial charge in [-0.25, -0.2) is 0 Å². The van der Waals surface area contributed by atoms with Gasteiger partial charge in [0.15, 0.2) is 31.5 Å². The number of aliphatic hydroxyl groups excluding tert-OH is 14. The van der Waals surface area contributed by atoms with Gasteiger partial charge in [0.05, 0.1) is 33.0 Å². The van der Waals surface area contributed by atoms with Crippen LogP contribution in [0, 0.1) is 0 Å². The van der Waals surface area contributed by atoms with Crippen LogP contribution in [0.1, 0.15) is 13.8 Å². The second-order valence-electron chi connectivity index (χ2n) is 15.7. The summed E-state index contributed by atoms with van der Waals surface area (Å²) in [5.41, 5.74) is 0. The van der Waals surface area contributed by atoms with Crippen LogP contribution in [-0.2, 0) is 57.0 Å². The third-order valence-corrected chi connectivity index (χ3v) is 11.3. The monoisotopic (exact) mass is 924 g/mol. The molecule has 28 heteroatoms. The molecule has 2 amide bonds. The fraction of sp³-hybridized carbons (Fsp3) is 0.943. The lowest BCUT2D eigenvalue weighted by Crippen LogP contribution is -2.69. The van der Waals surface area contributed by atoms with Gasteiger partial charge in [0.1, 0.15) is 122 Å². The molecule has 0 saturated carbocycles. The highest BCUT2D eigenvalue weighted by Crippen LogP contribution is 2.34. The van der Waals surface area contributed by atoms with Crippen LogP contribution < -0.4 is 10.6 Å². The van der Waals surface area contributed by atoms with Gasteiger partial charge < -0.3 is 129 Å². The lowest BCUT2D eigenvalue weighted by atomic mass is 9.94. The van der Waals surface area contributed by atoms with Gasteiger partial charge >= 0.3 is 0 Å². The average Bonchev–Trinajstić information content (AvgIpc) is 3.24. The molecule has 63 heavy (non-hydrogen) atoms. The fourth-order valence-electron chi connectivity index (χ4n) is 7.87. The number of carbonyl (C=O) groups is 2. The van der Waals surface area contributed by atoms with Crippen LogP contribution in [0.4, 0.5) is 0 Å². The molecule has 0 aliphatic carbocycles. The zero-order chi connectivity index (χ0) is 46.6. The Morgan fingerprint density at radius 3 is 1.35 bits per heavy atom. The van der Waals surface area contributed by atoms with E-state index in [2.05, 4.69) is 10.6 Å². The molecule has 5 heterocycles. The van der Waals surface area contributed by atoms with E-state index in [1.807, 2.05) is 0 Å². The Morgan fingerprint density at radius 1 is 0.444 bits per heavy atom. The molecule has 28 nitrogen and oxygen atoms in total. The molecular formula is C35H60N2O26. The summed E-state index contributed by atoms with van der Waals surface area (Å²) < 4.78 is 56.3. The SMILES string of the molecule is COC[C@H]1O[C@@H](O[C@H]2[C@H](O)[C@@H](NC(C)=O)[C@H](O[C@@H]3[C@@H](OC[C@H]4O[C@@H](O[C@H]5[C@H](O)[C@@H](NC(C)=O)[C@H](O)O[C@@H]5CO)[C@@H](O)[C@@H](O)[C@@H]4O)O[C@H](CO)[C@@H](O)[C@@H]3O)O[C@@H]2CO)[C@H](O)[C@@H](O)[C@H]1O. The number of ether oxygens (including phenoxy) is 10. The second-order valence-corrected chi connectivity index (χ2v) is 15.7. The molecule has 5 aliphatic heterocycles. The van der Waals surface area contributed by atoms with Gasteiger partial charge in [-0.15, -0.1) is 0 Å². The minimum Gasteiger partial charge on any atom is -0.394 e. The van der Waals surface area contributed by atoms with Crippen LogP contribution in [0.15, 0.2) is 0 Å². The topological polar surface area (TPSA) is 434 Å². The minimum absolute atomic E-state index is 0.262. The molecule has 0 aromatic rings. The molecule has 366 valence electrons. The molecule has 0 aromatic heterocycles. The lowest BCUT2D eigenvalue weighted by Gasteiger charge is -2.49. The van der Waals surface area contributed by atoms with Crippen molar-refractivity contribution in [1.29, 1.82) is 0 Å². The molecule has 16 N–H and O–H groups in total. The van der Waals surface area contributed by atoms with E-state index in [4.69, 9.17) is 47.4 Å². The van der Waals surface area contributed by atoms with Crippen LogP contribution >= 0.6 is 0 Å². The van der Waals surface area contributed by atoms with Crippen LogP contribution in [0.3, 0.4) is 0 Å². The Balaban J connectivity index is 1.34. The number of aliphatic hydroxyl groups is 14. The average molecular weight is 925 g/mol. The van der Waals surface area contributed by atoms with Crippen LogP contribution in [-0.4, -0.2) is 277 Å². The number of amides is 2. The summed E-state index contributed by atoms with van der Waals surface area (Å²) >= 11 is 0. The molecule has 0 unspecified atom stereocenters. The first kappa shape index (κ1) is 52.0. The maximum atomic E-state index is 12.4. The molecule has 5 fully saturated rings. The Hall–Kier alpha value is -2.02. The molecule has 0 bridgehead atoms. The largest absolute Gasteiger partial charge is 0.394 e. The van der Waals surface area contributed by atoms with E-state index >= 15 is 0 Å². The van der Waals surface area contributed by atoms with E-state index in [1.54, 1.807) is 0 Å². The molecule has 0 radical (unpaired) electrons. The van der Waals surface area contributed by atoms with Gasteiger partial charge in [0.2, 0.25) is 11.8 Å². The van der Waals surface area contributed by atoms with E-state index in [0.717, 1.165) is 13.8 Å². The minimum atomic E-state index is -2.04. The molecule has 0 aromatic carbocycles. The third kappa shape index (κ3) is 11.6. The first-order valence-corrected chi connectivity index (χ1v) is 20.0. The smallest absolute Gasteiger partial charge is 0.217 e. The summed E-state index contributed by atoms with van der Waals surface area (Å²) in [6.07, 6.45) is -40.9. The Bertz CT molecular complexity index is 1460. The Kier molecular flexibility index (Phi) is 18.7. The Morgan fingerprint density at radius 2 is 0.857 bits per heavy atom. The Labute approximate surface area is 358 Å². The van der Waals surface area contributed by atoms with E-state index in [1.165, 1.54) is 7.11 Å². The summed E-state index contributed by atoms with van der Waals surface area (Å²) in [6.45, 7) is -1.65. The standard InChI is InChI=1S/C35H60N2O26/c1-9(41)36-16-21(46)28(12(5-39)56-31(16)53)61-34-27(52)24(49)20(45)15(60-34)8-55-35-30(25(50)18(43)11(4-38)57-35)63-32-17(37-10(2)42)22(47)29(13(6-40)58-32)62-33-26(51)23(48)19(44)14(59-33)7-54-3/h11-35,38-40,43-53H,4-8H2,1-3H3,(H,36,41)(H,37,42)/t11-,12-,13-,14-,15-,16-,17-,18-,19+,20-,21-,22-,23+,24+,25+,26-,27+,28-,29-,30+,31-,32+,33+,34+,35+/m1/s1. The molecule has 5 aliphatic rings. The second kappa shape index (κ2) is 22.6. The van der Waals surface area contributed by atoms with Crippen LogP contribution in [0.25, 0.3) is 0 Å². The van der Waals surface area contributed by atoms with E-state index < -0.39 is 192 Å². The van der Waals surface area contributed by atoms with Crippen molar-refractivity contribution in [3.05, 3.63) is 0 Å². The van der Waals surface area contributed by atoms with Gasteiger partial charge in [0.25, 0.3) is 0 Å². The zero-order valence-corrected chi connectivity index (χ0v) is 34.1. The van der Waals surface area contributed by atoms with Crippen molar-refractivity contribution in [2.24, 2.45) is 0 Å². The highest BCUT2D eigenvalue weighted by molar-refractivity contribution is 5.73. The van der Waals surface area contributed by atoms with Crippen molar-refractivity contribution in [3.8, 4) is 0 Å². The number of methoxy groups -OCH3 is 1. The predicted octanol–water partition coefficient (Wildman–Crippen LogP) is -11.0. The number of nitrogens with one attached hydrogen (secondary N) is 2. The normalized spacial score (nSPS) is 48.4. The molecular weight excluding hydrogens is 864 g/mol. The first-order valence-electron chi connectivity index (χ1n) is 20.0. The van der Waals surface area contributed by atoms with Gasteiger partial charge in [-0.05, 0) is 0 Å². The summed E-state index contributed by atoms with van der Waals surface area (Å²) in [7, 11) is 1.28. The maximum Gasteiger partial charge on any atom is 0.217 e. The zero-order valence-electron chi connectivity index (χ0n) is 34.1. The van der Waals surface area contributed by atoms with Crippen LogP contribution in [0.2, 0.25) is 0 Å². The molecule has 5 rings (SSSR count). The maximum absolute atomic E-state index is 12.4. The fourth-order valence-corrected chi connectivity index (χ4v) is 7.87. The van der Waals surface area contributed by atoms with Crippen LogP contribution in [0.5, 0.6) is 0 Å². The number of carbonyl (C=O) groups excluding carboxylic acids is 2. The summed E-state index contributed by atoms with van der Waals surface area (Å²) in [4.78, 5) is 24.1. The van der Waals surface area contributed by atoms with E-state index in [-0.39, 0.29) is 6.61 Å². The molecule has 0 spiro atoms. The highest BCUT2D eigenvalue weighted by Gasteiger charge is 2.56. The van der Waals surface area contributed by atoms with Crippen molar-refractivity contribution < 1.29 is 128 Å². The van der Waals surface area contributed by atoms with Crippen molar-refractivity contribution >= 4 is 11.8 Å². The lowest BCUT2D eigenvalue weighted by molar-refractivity contribution is -0.378. The number of rotatable bonds is 16. The van der Waals surface area contributed by atoms with Crippen molar-refractivity contribution in [2.45, 2.75) is 167 Å². The summed E-state index contributed by atoms with van der Waals surface area (Å²) in [6, 6.07) is -3.15. The summed E-state index contributed by atoms with van der Waals surface area (Å²) in [5, 5.41) is 154. The molecule has 25 atom stereocenters. The van der Waals surface area contributed by atoms with Gasteiger partial charge in [0, 0.05) is 21.0 Å². The predicted molar refractivity (Wildman–Crippen MR) is 195 cm³/mol. The third-order valence-electron chi connectivity index (χ3n) is 11.3.